The third kappa shape index (κ3) is 3.94. The number of benzene rings is 1. The monoisotopic (exact) mass is 372 g/mol. The van der Waals surface area contributed by atoms with E-state index in [4.69, 9.17) is 11.6 Å². The average molecular weight is 373 g/mol. The first kappa shape index (κ1) is 17.6. The molecular formula is C20H25ClN4O. The third-order valence-electron chi connectivity index (χ3n) is 5.46. The summed E-state index contributed by atoms with van der Waals surface area (Å²) in [5.74, 6) is 0.690. The number of carbonyl (C=O) groups is 1. The zero-order valence-corrected chi connectivity index (χ0v) is 15.7. The number of carbonyl (C=O) groups excluding carboxylic acids is 1. The van der Waals surface area contributed by atoms with Gasteiger partial charge in [-0.05, 0) is 62.5 Å². The van der Waals surface area contributed by atoms with E-state index in [-0.39, 0.29) is 5.91 Å². The van der Waals surface area contributed by atoms with E-state index in [1.165, 1.54) is 32.4 Å². The second-order valence-corrected chi connectivity index (χ2v) is 7.85. The molecule has 0 aliphatic carbocycles. The van der Waals surface area contributed by atoms with Crippen molar-refractivity contribution in [2.75, 3.05) is 32.7 Å². The second kappa shape index (κ2) is 7.80. The van der Waals surface area contributed by atoms with Gasteiger partial charge in [0.05, 0.1) is 17.4 Å². The summed E-state index contributed by atoms with van der Waals surface area (Å²) in [5.41, 5.74) is 1.55. The average Bonchev–Trinajstić information content (AvgIpc) is 3.33. The summed E-state index contributed by atoms with van der Waals surface area (Å²) in [5, 5.41) is 5.03. The van der Waals surface area contributed by atoms with Gasteiger partial charge >= 0.3 is 0 Å². The minimum Gasteiger partial charge on any atom is -0.338 e. The quantitative estimate of drug-likeness (QED) is 0.825. The zero-order chi connectivity index (χ0) is 17.9. The summed E-state index contributed by atoms with van der Waals surface area (Å²) < 4.78 is 1.73. The van der Waals surface area contributed by atoms with E-state index in [1.807, 2.05) is 35.4 Å². The van der Waals surface area contributed by atoms with Gasteiger partial charge in [0, 0.05) is 30.9 Å². The molecule has 2 saturated heterocycles. The van der Waals surface area contributed by atoms with Gasteiger partial charge in [0.1, 0.15) is 0 Å². The summed E-state index contributed by atoms with van der Waals surface area (Å²) in [6, 6.07) is 7.44. The Labute approximate surface area is 159 Å². The molecule has 0 saturated carbocycles. The van der Waals surface area contributed by atoms with Crippen molar-refractivity contribution in [1.29, 1.82) is 0 Å². The van der Waals surface area contributed by atoms with E-state index >= 15 is 0 Å². The minimum atomic E-state index is 0.0892. The number of nitrogens with zero attached hydrogens (tertiary/aromatic N) is 4. The van der Waals surface area contributed by atoms with Crippen LogP contribution in [-0.4, -0.2) is 58.2 Å². The van der Waals surface area contributed by atoms with Crippen LogP contribution in [0.25, 0.3) is 5.69 Å². The lowest BCUT2D eigenvalue weighted by Gasteiger charge is -2.28. The lowest BCUT2D eigenvalue weighted by atomic mass is 10.1. The molecule has 0 N–H and O–H groups in total. The number of hydrogen-bond donors (Lipinski definition) is 0. The van der Waals surface area contributed by atoms with Crippen molar-refractivity contribution in [1.82, 2.24) is 19.6 Å². The van der Waals surface area contributed by atoms with Crippen LogP contribution in [0.3, 0.4) is 0 Å². The number of rotatable bonds is 4. The van der Waals surface area contributed by atoms with Crippen molar-refractivity contribution >= 4 is 17.5 Å². The lowest BCUT2D eigenvalue weighted by Crippen LogP contribution is -2.36. The molecule has 2 aliphatic heterocycles. The Morgan fingerprint density at radius 2 is 1.88 bits per heavy atom. The molecule has 0 radical (unpaired) electrons. The smallest absolute Gasteiger partial charge is 0.257 e. The molecule has 3 heterocycles. The van der Waals surface area contributed by atoms with Gasteiger partial charge in [0.25, 0.3) is 5.91 Å². The number of piperidine rings is 1. The predicted molar refractivity (Wildman–Crippen MR) is 103 cm³/mol. The summed E-state index contributed by atoms with van der Waals surface area (Å²) in [6.07, 6.45) is 8.58. The number of halogens is 1. The van der Waals surface area contributed by atoms with E-state index in [0.717, 1.165) is 31.7 Å². The highest BCUT2D eigenvalue weighted by Crippen LogP contribution is 2.22. The molecular weight excluding hydrogens is 348 g/mol. The van der Waals surface area contributed by atoms with Crippen LogP contribution in [0.2, 0.25) is 5.02 Å². The Morgan fingerprint density at radius 3 is 2.65 bits per heavy atom. The highest BCUT2D eigenvalue weighted by Gasteiger charge is 2.29. The Balaban J connectivity index is 1.36. The van der Waals surface area contributed by atoms with Gasteiger partial charge in [-0.15, -0.1) is 0 Å². The fourth-order valence-corrected chi connectivity index (χ4v) is 4.15. The maximum Gasteiger partial charge on any atom is 0.257 e. The van der Waals surface area contributed by atoms with E-state index < -0.39 is 0 Å². The van der Waals surface area contributed by atoms with Gasteiger partial charge < -0.3 is 9.80 Å². The van der Waals surface area contributed by atoms with Crippen molar-refractivity contribution in [2.45, 2.75) is 25.7 Å². The van der Waals surface area contributed by atoms with Gasteiger partial charge in [-0.3, -0.25) is 4.79 Å². The lowest BCUT2D eigenvalue weighted by molar-refractivity contribution is 0.0782. The highest BCUT2D eigenvalue weighted by molar-refractivity contribution is 6.30. The van der Waals surface area contributed by atoms with Gasteiger partial charge in [0.15, 0.2) is 0 Å². The number of amides is 1. The molecule has 5 nitrogen and oxygen atoms in total. The van der Waals surface area contributed by atoms with Crippen LogP contribution in [0.15, 0.2) is 36.7 Å². The fraction of sp³-hybridized carbons (Fsp3) is 0.500. The van der Waals surface area contributed by atoms with Gasteiger partial charge in [0.2, 0.25) is 0 Å². The van der Waals surface area contributed by atoms with E-state index in [2.05, 4.69) is 10.00 Å². The first-order valence-corrected chi connectivity index (χ1v) is 9.89. The van der Waals surface area contributed by atoms with Crippen molar-refractivity contribution in [3.63, 3.8) is 0 Å². The molecule has 138 valence electrons. The van der Waals surface area contributed by atoms with Gasteiger partial charge in [-0.1, -0.05) is 18.0 Å². The third-order valence-corrected chi connectivity index (χ3v) is 5.71. The molecule has 1 amide bonds. The number of aromatic nitrogens is 2. The standard InChI is InChI=1S/C20H25ClN4O/c21-18-4-6-19(7-5-18)25-15-17(12-22-25)20(26)24-11-8-16(14-24)13-23-9-2-1-3-10-23/h4-7,12,15-16H,1-3,8-11,13-14H2. The molecule has 2 aliphatic rings. The molecule has 0 spiro atoms. The van der Waals surface area contributed by atoms with Crippen LogP contribution < -0.4 is 0 Å². The molecule has 6 heteroatoms. The predicted octanol–water partition coefficient (Wildman–Crippen LogP) is 3.47. The van der Waals surface area contributed by atoms with Crippen molar-refractivity contribution < 1.29 is 4.79 Å². The number of likely N-dealkylation sites (tertiary alicyclic amines) is 2. The summed E-state index contributed by atoms with van der Waals surface area (Å²) in [6.45, 7) is 5.29. The van der Waals surface area contributed by atoms with Crippen LogP contribution in [0.5, 0.6) is 0 Å². The van der Waals surface area contributed by atoms with Crippen LogP contribution in [0.1, 0.15) is 36.0 Å². The Morgan fingerprint density at radius 1 is 1.12 bits per heavy atom. The molecule has 2 fully saturated rings. The SMILES string of the molecule is O=C(c1cnn(-c2ccc(Cl)cc2)c1)N1CCC(CN2CCCCC2)C1. The summed E-state index contributed by atoms with van der Waals surface area (Å²) in [7, 11) is 0. The first-order valence-electron chi connectivity index (χ1n) is 9.51. The minimum absolute atomic E-state index is 0.0892. The molecule has 1 aromatic carbocycles. The normalized spacial score (nSPS) is 21.3. The van der Waals surface area contributed by atoms with Gasteiger partial charge in [-0.25, -0.2) is 4.68 Å². The first-order chi connectivity index (χ1) is 12.7. The van der Waals surface area contributed by atoms with Crippen LogP contribution in [0, 0.1) is 5.92 Å². The molecule has 1 aromatic heterocycles. The Bertz CT molecular complexity index is 751. The molecule has 1 unspecified atom stereocenters. The fourth-order valence-electron chi connectivity index (χ4n) is 4.02. The van der Waals surface area contributed by atoms with Crippen LogP contribution in [0.4, 0.5) is 0 Å². The molecule has 1 atom stereocenters. The number of hydrogen-bond acceptors (Lipinski definition) is 3. The summed E-state index contributed by atoms with van der Waals surface area (Å²) in [4.78, 5) is 17.4. The van der Waals surface area contributed by atoms with Crippen LogP contribution >= 0.6 is 11.6 Å². The van der Waals surface area contributed by atoms with E-state index in [9.17, 15) is 4.79 Å². The second-order valence-electron chi connectivity index (χ2n) is 7.42. The van der Waals surface area contributed by atoms with Crippen molar-refractivity contribution in [2.24, 2.45) is 5.92 Å². The molecule has 4 rings (SSSR count). The Hall–Kier alpha value is -1.85. The van der Waals surface area contributed by atoms with Crippen molar-refractivity contribution in [3.05, 3.63) is 47.2 Å². The maximum absolute atomic E-state index is 12.8. The van der Waals surface area contributed by atoms with E-state index in [0.29, 0.717) is 16.5 Å². The topological polar surface area (TPSA) is 41.4 Å². The largest absolute Gasteiger partial charge is 0.338 e. The maximum atomic E-state index is 12.8. The molecule has 26 heavy (non-hydrogen) atoms. The Kier molecular flexibility index (Phi) is 5.27. The summed E-state index contributed by atoms with van der Waals surface area (Å²) >= 11 is 5.93. The molecule has 0 bridgehead atoms. The highest BCUT2D eigenvalue weighted by atomic mass is 35.5. The van der Waals surface area contributed by atoms with E-state index in [1.54, 1.807) is 10.9 Å². The van der Waals surface area contributed by atoms with Gasteiger partial charge in [-0.2, -0.15) is 5.10 Å². The van der Waals surface area contributed by atoms with Crippen molar-refractivity contribution in [3.8, 4) is 5.69 Å². The zero-order valence-electron chi connectivity index (χ0n) is 15.0. The molecule has 2 aromatic rings. The van der Waals surface area contributed by atoms with Crippen LogP contribution in [-0.2, 0) is 0 Å².